The monoisotopic (exact) mass is 598 g/mol. The van der Waals surface area contributed by atoms with Crippen molar-refractivity contribution in [3.05, 3.63) is 169 Å². The Bertz CT molecular complexity index is 2810. The van der Waals surface area contributed by atoms with E-state index in [0.29, 0.717) is 5.69 Å². The lowest BCUT2D eigenvalue weighted by Gasteiger charge is -2.19. The molecule has 0 spiro atoms. The summed E-state index contributed by atoms with van der Waals surface area (Å²) in [6, 6.07) is 55.5. The van der Waals surface area contributed by atoms with Gasteiger partial charge in [0, 0.05) is 38.0 Å². The molecule has 0 N–H and O–H groups in total. The van der Waals surface area contributed by atoms with Crippen LogP contribution in [0.3, 0.4) is 0 Å². The Labute approximate surface area is 270 Å². The molecule has 10 rings (SSSR count). The average molecular weight is 599 g/mol. The molecule has 10 aromatic rings. The summed E-state index contributed by atoms with van der Waals surface area (Å²) in [4.78, 5) is 4.46. The fourth-order valence-corrected chi connectivity index (χ4v) is 7.77. The van der Waals surface area contributed by atoms with Gasteiger partial charge < -0.3 is 13.7 Å². The third kappa shape index (κ3) is 3.46. The molecule has 4 nitrogen and oxygen atoms in total. The largest absolute Gasteiger partial charge is 0.319 e. The van der Waals surface area contributed by atoms with E-state index >= 15 is 0 Å². The van der Waals surface area contributed by atoms with E-state index in [1.807, 2.05) is 0 Å². The number of para-hydroxylation sites is 6. The van der Waals surface area contributed by atoms with Gasteiger partial charge in [-0.2, -0.15) is 0 Å². The fourth-order valence-electron chi connectivity index (χ4n) is 7.77. The molecule has 0 fully saturated rings. The van der Waals surface area contributed by atoms with Crippen LogP contribution in [0.4, 0.5) is 5.69 Å². The number of nitrogens with zero attached hydrogens (tertiary/aromatic N) is 4. The Balaban J connectivity index is 1.51. The van der Waals surface area contributed by atoms with Crippen LogP contribution >= 0.6 is 0 Å². The van der Waals surface area contributed by atoms with Crippen LogP contribution in [0.2, 0.25) is 0 Å². The van der Waals surface area contributed by atoms with Crippen LogP contribution in [-0.4, -0.2) is 13.7 Å². The quantitative estimate of drug-likeness (QED) is 0.180. The number of aromatic nitrogens is 3. The van der Waals surface area contributed by atoms with Crippen LogP contribution in [-0.2, 0) is 0 Å². The maximum absolute atomic E-state index is 8.94. The molecule has 0 aliphatic rings. The minimum absolute atomic E-state index is 0.607. The molecule has 0 unspecified atom stereocenters. The molecule has 3 heterocycles. The number of fused-ring (bicyclic) bond motifs is 9. The SMILES string of the molecule is [C-]#[N+]c1c(-n2c3ccccc3c3ccccc32)cc2c3ccccc3n(-c3ccccc3)c2c1-n1c2ccccc2c2ccccc21. The Morgan fingerprint density at radius 3 is 1.23 bits per heavy atom. The van der Waals surface area contributed by atoms with E-state index in [0.717, 1.165) is 71.7 Å². The molecule has 47 heavy (non-hydrogen) atoms. The molecule has 0 amide bonds. The highest BCUT2D eigenvalue weighted by atomic mass is 15.1. The number of hydrogen-bond acceptors (Lipinski definition) is 0. The predicted molar refractivity (Wildman–Crippen MR) is 196 cm³/mol. The van der Waals surface area contributed by atoms with Gasteiger partial charge >= 0.3 is 0 Å². The first-order valence-corrected chi connectivity index (χ1v) is 15.8. The van der Waals surface area contributed by atoms with Gasteiger partial charge in [-0.1, -0.05) is 109 Å². The van der Waals surface area contributed by atoms with Gasteiger partial charge in [0.15, 0.2) is 0 Å². The highest BCUT2D eigenvalue weighted by Crippen LogP contribution is 2.48. The molecule has 0 bridgehead atoms. The van der Waals surface area contributed by atoms with Crippen molar-refractivity contribution in [3.63, 3.8) is 0 Å². The highest BCUT2D eigenvalue weighted by Gasteiger charge is 2.27. The minimum Gasteiger partial charge on any atom is -0.319 e. The van der Waals surface area contributed by atoms with E-state index in [1.54, 1.807) is 0 Å². The molecule has 4 heteroatoms. The second-order valence-electron chi connectivity index (χ2n) is 12.0. The van der Waals surface area contributed by atoms with Crippen LogP contribution in [0, 0.1) is 6.57 Å². The second-order valence-corrected chi connectivity index (χ2v) is 12.0. The molecule has 0 saturated heterocycles. The summed E-state index contributed by atoms with van der Waals surface area (Å²) < 4.78 is 6.97. The Hall–Kier alpha value is -6.57. The Morgan fingerprint density at radius 1 is 0.383 bits per heavy atom. The third-order valence-corrected chi connectivity index (χ3v) is 9.64. The van der Waals surface area contributed by atoms with Crippen molar-refractivity contribution in [2.75, 3.05) is 0 Å². The van der Waals surface area contributed by atoms with E-state index in [-0.39, 0.29) is 0 Å². The number of hydrogen-bond donors (Lipinski definition) is 0. The van der Waals surface area contributed by atoms with E-state index in [1.165, 1.54) is 10.8 Å². The van der Waals surface area contributed by atoms with Crippen molar-refractivity contribution in [1.82, 2.24) is 13.7 Å². The molecule has 0 aliphatic carbocycles. The van der Waals surface area contributed by atoms with Crippen LogP contribution in [0.1, 0.15) is 0 Å². The maximum atomic E-state index is 8.94. The van der Waals surface area contributed by atoms with Gasteiger partial charge in [0.2, 0.25) is 5.69 Å². The highest BCUT2D eigenvalue weighted by molar-refractivity contribution is 6.19. The van der Waals surface area contributed by atoms with Crippen molar-refractivity contribution in [1.29, 1.82) is 0 Å². The first-order valence-electron chi connectivity index (χ1n) is 15.8. The van der Waals surface area contributed by atoms with Crippen LogP contribution in [0.5, 0.6) is 0 Å². The van der Waals surface area contributed by atoms with E-state index in [2.05, 4.69) is 176 Å². The normalized spacial score (nSPS) is 11.8. The molecule has 0 saturated carbocycles. The number of benzene rings is 7. The van der Waals surface area contributed by atoms with Crippen LogP contribution in [0.25, 0.3) is 87.3 Å². The van der Waals surface area contributed by atoms with E-state index in [9.17, 15) is 0 Å². The summed E-state index contributed by atoms with van der Waals surface area (Å²) in [7, 11) is 0. The van der Waals surface area contributed by atoms with Crippen molar-refractivity contribution >= 4 is 71.1 Å². The van der Waals surface area contributed by atoms with Crippen molar-refractivity contribution in [3.8, 4) is 17.1 Å². The Morgan fingerprint density at radius 2 is 0.766 bits per heavy atom. The Kier molecular flexibility index (Phi) is 5.32. The zero-order chi connectivity index (χ0) is 31.1. The minimum atomic E-state index is 0.607. The summed E-state index contributed by atoms with van der Waals surface area (Å²) >= 11 is 0. The lowest BCUT2D eigenvalue weighted by atomic mass is 10.1. The zero-order valence-corrected chi connectivity index (χ0v) is 25.3. The summed E-state index contributed by atoms with van der Waals surface area (Å²) in [5, 5.41) is 6.92. The second kappa shape index (κ2) is 9.71. The average Bonchev–Trinajstić information content (AvgIpc) is 3.77. The predicted octanol–water partition coefficient (Wildman–Crippen LogP) is 11.5. The standard InChI is InChI=1S/C43H26N4/c1-44-41-40(46-36-23-11-5-17-29(36)30-18-6-12-24-37(30)46)27-34-33-21-9-10-22-35(33)45(28-15-3-2-4-16-28)42(34)43(41)47-38-25-13-7-19-31(38)32-20-8-14-26-39(32)47/h2-27H. The van der Waals surface area contributed by atoms with Gasteiger partial charge in [-0.3, -0.25) is 0 Å². The topological polar surface area (TPSA) is 19.1 Å². The summed E-state index contributed by atoms with van der Waals surface area (Å²) in [6.07, 6.45) is 0. The molecule has 7 aromatic carbocycles. The molecular weight excluding hydrogens is 573 g/mol. The summed E-state index contributed by atoms with van der Waals surface area (Å²) in [5.41, 5.74) is 9.84. The molecule has 0 radical (unpaired) electrons. The molecular formula is C43H26N4. The lowest BCUT2D eigenvalue weighted by Crippen LogP contribution is -2.04. The lowest BCUT2D eigenvalue weighted by molar-refractivity contribution is 1.12. The smallest absolute Gasteiger partial charge is 0.236 e. The summed E-state index contributed by atoms with van der Waals surface area (Å²) in [6.45, 7) is 8.94. The third-order valence-electron chi connectivity index (χ3n) is 9.64. The molecule has 3 aromatic heterocycles. The summed E-state index contributed by atoms with van der Waals surface area (Å²) in [5.74, 6) is 0. The number of rotatable bonds is 3. The van der Waals surface area contributed by atoms with Crippen LogP contribution < -0.4 is 0 Å². The fraction of sp³-hybridized carbons (Fsp3) is 0. The van der Waals surface area contributed by atoms with Gasteiger partial charge in [0.1, 0.15) is 0 Å². The van der Waals surface area contributed by atoms with Gasteiger partial charge in [0.25, 0.3) is 0 Å². The zero-order valence-electron chi connectivity index (χ0n) is 25.3. The van der Waals surface area contributed by atoms with E-state index < -0.39 is 0 Å². The van der Waals surface area contributed by atoms with Crippen LogP contribution in [0.15, 0.2) is 158 Å². The first-order chi connectivity index (χ1) is 23.3. The maximum Gasteiger partial charge on any atom is 0.236 e. The molecule has 0 aliphatic heterocycles. The first kappa shape index (κ1) is 25.7. The molecule has 218 valence electrons. The van der Waals surface area contributed by atoms with Crippen molar-refractivity contribution < 1.29 is 0 Å². The van der Waals surface area contributed by atoms with Gasteiger partial charge in [0.05, 0.1) is 51.0 Å². The van der Waals surface area contributed by atoms with Crippen molar-refractivity contribution in [2.24, 2.45) is 0 Å². The molecule has 0 atom stereocenters. The van der Waals surface area contributed by atoms with Gasteiger partial charge in [-0.25, -0.2) is 4.85 Å². The van der Waals surface area contributed by atoms with E-state index in [4.69, 9.17) is 6.57 Å². The van der Waals surface area contributed by atoms with Gasteiger partial charge in [-0.05, 0) is 48.5 Å². The van der Waals surface area contributed by atoms with Crippen molar-refractivity contribution in [2.45, 2.75) is 0 Å². The van der Waals surface area contributed by atoms with Gasteiger partial charge in [-0.15, -0.1) is 0 Å².